The molecule has 19 heavy (non-hydrogen) atoms. The van der Waals surface area contributed by atoms with Crippen LogP contribution in [0.1, 0.15) is 32.1 Å². The van der Waals surface area contributed by atoms with Gasteiger partial charge in [0.05, 0.1) is 11.6 Å². The average Bonchev–Trinajstić information content (AvgIpc) is 2.83. The molecule has 0 saturated heterocycles. The van der Waals surface area contributed by atoms with Crippen LogP contribution in [0.2, 0.25) is 0 Å². The van der Waals surface area contributed by atoms with E-state index in [4.69, 9.17) is 10.5 Å². The van der Waals surface area contributed by atoms with Crippen molar-refractivity contribution in [3.05, 3.63) is 30.5 Å². The third kappa shape index (κ3) is 2.43. The molecular weight excluding hydrogens is 240 g/mol. The summed E-state index contributed by atoms with van der Waals surface area (Å²) in [4.78, 5) is 11.2. The van der Waals surface area contributed by atoms with Gasteiger partial charge in [0.15, 0.2) is 0 Å². The minimum atomic E-state index is -0.462. The third-order valence-electron chi connectivity index (χ3n) is 3.75. The fourth-order valence-electron chi connectivity index (χ4n) is 2.76. The van der Waals surface area contributed by atoms with Gasteiger partial charge in [-0.1, -0.05) is 6.42 Å². The molecule has 0 bridgehead atoms. The van der Waals surface area contributed by atoms with Gasteiger partial charge in [0.25, 0.3) is 0 Å². The number of carbonyl (C=O) groups excluding carboxylic acids is 1. The predicted octanol–water partition coefficient (Wildman–Crippen LogP) is 3.28. The number of nitrogens with two attached hydrogens (primary N) is 1. The maximum absolute atomic E-state index is 11.2. The van der Waals surface area contributed by atoms with Crippen molar-refractivity contribution in [2.24, 2.45) is 5.73 Å². The van der Waals surface area contributed by atoms with Crippen LogP contribution in [0.25, 0.3) is 10.9 Å². The number of ether oxygens (including phenoxy) is 1. The maximum atomic E-state index is 11.2. The van der Waals surface area contributed by atoms with Crippen molar-refractivity contribution in [1.29, 1.82) is 0 Å². The summed E-state index contributed by atoms with van der Waals surface area (Å²) in [7, 11) is 0. The van der Waals surface area contributed by atoms with Crippen molar-refractivity contribution < 1.29 is 9.53 Å². The van der Waals surface area contributed by atoms with E-state index in [1.165, 1.54) is 23.8 Å². The van der Waals surface area contributed by atoms with Crippen LogP contribution >= 0.6 is 0 Å². The van der Waals surface area contributed by atoms with Crippen molar-refractivity contribution in [1.82, 2.24) is 4.57 Å². The zero-order valence-corrected chi connectivity index (χ0v) is 10.8. The summed E-state index contributed by atoms with van der Waals surface area (Å²) in [6.45, 7) is 0. The van der Waals surface area contributed by atoms with Crippen LogP contribution < -0.4 is 10.5 Å². The Bertz CT molecular complexity index is 597. The van der Waals surface area contributed by atoms with Gasteiger partial charge in [0, 0.05) is 11.6 Å². The summed E-state index contributed by atoms with van der Waals surface area (Å²) in [5.41, 5.74) is 6.13. The van der Waals surface area contributed by atoms with Crippen molar-refractivity contribution in [2.75, 3.05) is 0 Å². The zero-order chi connectivity index (χ0) is 13.2. The molecule has 1 aromatic heterocycles. The lowest BCUT2D eigenvalue weighted by atomic mass is 9.98. The molecule has 0 atom stereocenters. The Labute approximate surface area is 112 Å². The molecule has 1 aliphatic rings. The van der Waals surface area contributed by atoms with Crippen LogP contribution in [0.5, 0.6) is 5.75 Å². The molecule has 3 rings (SSSR count). The average molecular weight is 258 g/mol. The molecule has 1 fully saturated rings. The van der Waals surface area contributed by atoms with Gasteiger partial charge in [0.2, 0.25) is 0 Å². The van der Waals surface area contributed by atoms with E-state index in [9.17, 15) is 4.79 Å². The number of primary amides is 1. The molecule has 1 aromatic carbocycles. The summed E-state index contributed by atoms with van der Waals surface area (Å²) >= 11 is 0. The zero-order valence-electron chi connectivity index (χ0n) is 10.8. The smallest absolute Gasteiger partial charge is 0.323 e. The van der Waals surface area contributed by atoms with E-state index in [1.807, 2.05) is 24.3 Å². The number of hydrogen-bond acceptors (Lipinski definition) is 2. The first kappa shape index (κ1) is 12.1. The standard InChI is InChI=1S/C15H18N2O2/c16-15(18)17-9-8-11-10-13(6-7-14(11)17)19-12-4-2-1-3-5-12/h6-10,12H,1-5H2,(H2,16,18). The maximum Gasteiger partial charge on any atom is 0.323 e. The van der Waals surface area contributed by atoms with Crippen LogP contribution in [-0.2, 0) is 0 Å². The van der Waals surface area contributed by atoms with E-state index >= 15 is 0 Å². The van der Waals surface area contributed by atoms with Crippen LogP contribution in [0.15, 0.2) is 30.5 Å². The van der Waals surface area contributed by atoms with E-state index in [2.05, 4.69) is 0 Å². The van der Waals surface area contributed by atoms with Crippen LogP contribution in [0, 0.1) is 0 Å². The van der Waals surface area contributed by atoms with Gasteiger partial charge in [-0.2, -0.15) is 0 Å². The van der Waals surface area contributed by atoms with Crippen molar-refractivity contribution in [2.45, 2.75) is 38.2 Å². The predicted molar refractivity (Wildman–Crippen MR) is 74.4 cm³/mol. The Kier molecular flexibility index (Phi) is 3.15. The summed E-state index contributed by atoms with van der Waals surface area (Å²) in [6.07, 6.45) is 8.14. The van der Waals surface area contributed by atoms with Gasteiger partial charge in [-0.25, -0.2) is 4.79 Å². The fourth-order valence-corrected chi connectivity index (χ4v) is 2.76. The monoisotopic (exact) mass is 258 g/mol. The Morgan fingerprint density at radius 2 is 2.00 bits per heavy atom. The first-order valence-corrected chi connectivity index (χ1v) is 6.81. The van der Waals surface area contributed by atoms with E-state index in [1.54, 1.807) is 6.20 Å². The molecule has 0 radical (unpaired) electrons. The molecule has 1 amide bonds. The van der Waals surface area contributed by atoms with Crippen molar-refractivity contribution >= 4 is 16.9 Å². The van der Waals surface area contributed by atoms with Crippen LogP contribution in [0.4, 0.5) is 4.79 Å². The van der Waals surface area contributed by atoms with Gasteiger partial charge in [-0.3, -0.25) is 4.57 Å². The van der Waals surface area contributed by atoms with Gasteiger partial charge < -0.3 is 10.5 Å². The Balaban J connectivity index is 1.83. The minimum Gasteiger partial charge on any atom is -0.490 e. The van der Waals surface area contributed by atoms with Gasteiger partial charge in [0.1, 0.15) is 5.75 Å². The lowest BCUT2D eigenvalue weighted by Crippen LogP contribution is -2.19. The highest BCUT2D eigenvalue weighted by Gasteiger charge is 2.15. The summed E-state index contributed by atoms with van der Waals surface area (Å²) < 4.78 is 7.45. The molecule has 0 spiro atoms. The topological polar surface area (TPSA) is 57.2 Å². The number of benzene rings is 1. The minimum absolute atomic E-state index is 0.337. The molecule has 100 valence electrons. The first-order valence-electron chi connectivity index (χ1n) is 6.81. The Morgan fingerprint density at radius 3 is 2.74 bits per heavy atom. The summed E-state index contributed by atoms with van der Waals surface area (Å²) in [6, 6.07) is 7.20. The summed E-state index contributed by atoms with van der Waals surface area (Å²) in [5.74, 6) is 0.877. The van der Waals surface area contributed by atoms with E-state index < -0.39 is 6.03 Å². The molecule has 1 saturated carbocycles. The molecule has 1 heterocycles. The van der Waals surface area contributed by atoms with Gasteiger partial charge >= 0.3 is 6.03 Å². The van der Waals surface area contributed by atoms with Crippen LogP contribution in [0.3, 0.4) is 0 Å². The normalized spacial score (nSPS) is 16.6. The molecule has 4 heteroatoms. The number of amides is 1. The number of nitrogens with zero attached hydrogens (tertiary/aromatic N) is 1. The summed E-state index contributed by atoms with van der Waals surface area (Å²) in [5, 5.41) is 0.979. The van der Waals surface area contributed by atoms with E-state index in [0.29, 0.717) is 6.10 Å². The fraction of sp³-hybridized carbons (Fsp3) is 0.400. The highest BCUT2D eigenvalue weighted by molar-refractivity contribution is 5.91. The SMILES string of the molecule is NC(=O)n1ccc2cc(OC3CCCCC3)ccc21. The number of rotatable bonds is 2. The third-order valence-corrected chi connectivity index (χ3v) is 3.75. The number of carbonyl (C=O) groups is 1. The molecule has 2 N–H and O–H groups in total. The quantitative estimate of drug-likeness (QED) is 0.898. The molecule has 1 aliphatic carbocycles. The lowest BCUT2D eigenvalue weighted by molar-refractivity contribution is 0.155. The van der Waals surface area contributed by atoms with Gasteiger partial charge in [-0.05, 0) is 49.9 Å². The molecule has 2 aromatic rings. The Hall–Kier alpha value is -1.97. The second-order valence-corrected chi connectivity index (χ2v) is 5.12. The number of aromatic nitrogens is 1. The second-order valence-electron chi connectivity index (χ2n) is 5.12. The van der Waals surface area contributed by atoms with E-state index in [0.717, 1.165) is 29.5 Å². The van der Waals surface area contributed by atoms with Crippen LogP contribution in [-0.4, -0.2) is 16.7 Å². The van der Waals surface area contributed by atoms with E-state index in [-0.39, 0.29) is 0 Å². The lowest BCUT2D eigenvalue weighted by Gasteiger charge is -2.23. The molecular formula is C15H18N2O2. The van der Waals surface area contributed by atoms with Gasteiger partial charge in [-0.15, -0.1) is 0 Å². The number of fused-ring (bicyclic) bond motifs is 1. The molecule has 0 unspecified atom stereocenters. The largest absolute Gasteiger partial charge is 0.490 e. The Morgan fingerprint density at radius 1 is 1.21 bits per heavy atom. The van der Waals surface area contributed by atoms with Crippen molar-refractivity contribution in [3.8, 4) is 5.75 Å². The number of hydrogen-bond donors (Lipinski definition) is 1. The highest BCUT2D eigenvalue weighted by Crippen LogP contribution is 2.26. The molecule has 0 aliphatic heterocycles. The van der Waals surface area contributed by atoms with Crippen molar-refractivity contribution in [3.63, 3.8) is 0 Å². The first-order chi connectivity index (χ1) is 9.24. The second kappa shape index (κ2) is 4.96. The highest BCUT2D eigenvalue weighted by atomic mass is 16.5. The molecule has 4 nitrogen and oxygen atoms in total.